The summed E-state index contributed by atoms with van der Waals surface area (Å²) in [6.07, 6.45) is 8.90. The quantitative estimate of drug-likeness (QED) is 0.641. The summed E-state index contributed by atoms with van der Waals surface area (Å²) in [5.41, 5.74) is 1.61. The number of aliphatic carboxylic acids is 1. The predicted octanol–water partition coefficient (Wildman–Crippen LogP) is 3.29. The zero-order chi connectivity index (χ0) is 14.3. The van der Waals surface area contributed by atoms with E-state index in [0.29, 0.717) is 11.6 Å². The molecule has 0 unspecified atom stereocenters. The molecule has 0 amide bonds. The highest BCUT2D eigenvalue weighted by atomic mass is 35.5. The molecule has 0 aromatic heterocycles. The summed E-state index contributed by atoms with van der Waals surface area (Å²) in [6, 6.07) is 5.41. The molecular weight excluding hydrogens is 262 g/mol. The smallest absolute Gasteiger partial charge is 0.328 e. The molecule has 100 valence electrons. The van der Waals surface area contributed by atoms with Crippen LogP contribution >= 0.6 is 11.6 Å². The number of halogens is 1. The van der Waals surface area contributed by atoms with Crippen LogP contribution in [0, 0.1) is 12.3 Å². The molecule has 0 saturated heterocycles. The van der Waals surface area contributed by atoms with Gasteiger partial charge in [-0.2, -0.15) is 0 Å². The molecular formula is C15H16ClNO2. The first-order valence-electron chi connectivity index (χ1n) is 5.97. The zero-order valence-corrected chi connectivity index (χ0v) is 11.5. The molecule has 0 radical (unpaired) electrons. The Balaban J connectivity index is 2.98. The van der Waals surface area contributed by atoms with Gasteiger partial charge in [-0.05, 0) is 30.2 Å². The molecule has 1 aromatic rings. The van der Waals surface area contributed by atoms with E-state index in [2.05, 4.69) is 12.8 Å². The number of hydrogen-bond donors (Lipinski definition) is 1. The third kappa shape index (κ3) is 4.69. The lowest BCUT2D eigenvalue weighted by atomic mass is 10.1. The van der Waals surface area contributed by atoms with Gasteiger partial charge in [0.25, 0.3) is 0 Å². The fourth-order valence-electron chi connectivity index (χ4n) is 1.72. The summed E-state index contributed by atoms with van der Waals surface area (Å²) in [5, 5.41) is 9.14. The molecule has 0 spiro atoms. The van der Waals surface area contributed by atoms with Crippen molar-refractivity contribution in [2.75, 3.05) is 18.0 Å². The van der Waals surface area contributed by atoms with E-state index in [0.717, 1.165) is 30.3 Å². The number of carboxylic acids is 1. The molecule has 0 heterocycles. The maximum absolute atomic E-state index is 10.5. The second-order valence-corrected chi connectivity index (χ2v) is 4.42. The number of nitrogens with zero attached hydrogens (tertiary/aromatic N) is 1. The van der Waals surface area contributed by atoms with Gasteiger partial charge in [0.2, 0.25) is 0 Å². The molecule has 3 nitrogen and oxygen atoms in total. The highest BCUT2D eigenvalue weighted by molar-refractivity contribution is 6.33. The summed E-state index contributed by atoms with van der Waals surface area (Å²) in [4.78, 5) is 12.5. The van der Waals surface area contributed by atoms with Crippen LogP contribution in [-0.4, -0.2) is 24.2 Å². The Kier molecular flexibility index (Phi) is 5.98. The maximum atomic E-state index is 10.5. The SMILES string of the molecule is C#CCN(CCC)c1ccc(/C=C/C(=O)O)cc1Cl. The summed E-state index contributed by atoms with van der Waals surface area (Å²) < 4.78 is 0. The van der Waals surface area contributed by atoms with Gasteiger partial charge < -0.3 is 10.0 Å². The van der Waals surface area contributed by atoms with E-state index in [-0.39, 0.29) is 0 Å². The van der Waals surface area contributed by atoms with Crippen molar-refractivity contribution in [3.8, 4) is 12.3 Å². The minimum Gasteiger partial charge on any atom is -0.478 e. The molecule has 19 heavy (non-hydrogen) atoms. The largest absolute Gasteiger partial charge is 0.478 e. The molecule has 0 aliphatic carbocycles. The highest BCUT2D eigenvalue weighted by Crippen LogP contribution is 2.27. The molecule has 4 heteroatoms. The van der Waals surface area contributed by atoms with Crippen LogP contribution in [0.25, 0.3) is 6.08 Å². The van der Waals surface area contributed by atoms with Crippen LogP contribution in [0.2, 0.25) is 5.02 Å². The van der Waals surface area contributed by atoms with Crippen LogP contribution in [0.4, 0.5) is 5.69 Å². The molecule has 0 atom stereocenters. The summed E-state index contributed by atoms with van der Waals surface area (Å²) in [5.74, 6) is 1.62. The number of rotatable bonds is 6. The lowest BCUT2D eigenvalue weighted by Gasteiger charge is -2.23. The molecule has 0 saturated carbocycles. The minimum absolute atomic E-state index is 0.498. The average molecular weight is 278 g/mol. The molecule has 0 fully saturated rings. The van der Waals surface area contributed by atoms with E-state index in [9.17, 15) is 4.79 Å². The third-order valence-electron chi connectivity index (χ3n) is 2.51. The first kappa shape index (κ1) is 15.1. The Bertz CT molecular complexity index is 517. The van der Waals surface area contributed by atoms with Crippen LogP contribution in [-0.2, 0) is 4.79 Å². The van der Waals surface area contributed by atoms with Crippen molar-refractivity contribution in [3.05, 3.63) is 34.9 Å². The van der Waals surface area contributed by atoms with Gasteiger partial charge in [0.1, 0.15) is 0 Å². The van der Waals surface area contributed by atoms with Crippen LogP contribution in [0.1, 0.15) is 18.9 Å². The number of hydrogen-bond acceptors (Lipinski definition) is 2. The molecule has 0 aliphatic heterocycles. The average Bonchev–Trinajstić information content (AvgIpc) is 2.36. The van der Waals surface area contributed by atoms with Gasteiger partial charge in [-0.1, -0.05) is 30.5 Å². The van der Waals surface area contributed by atoms with Crippen molar-refractivity contribution < 1.29 is 9.90 Å². The van der Waals surface area contributed by atoms with Gasteiger partial charge in [-0.15, -0.1) is 6.42 Å². The normalized spacial score (nSPS) is 10.4. The van der Waals surface area contributed by atoms with Gasteiger partial charge >= 0.3 is 5.97 Å². The van der Waals surface area contributed by atoms with E-state index < -0.39 is 5.97 Å². The standard InChI is InChI=1S/C15H16ClNO2/c1-3-9-17(10-4-2)14-7-5-12(11-13(14)16)6-8-15(18)19/h1,5-8,11H,4,9-10H2,2H3,(H,18,19)/b8-6+. The first-order chi connectivity index (χ1) is 9.08. The topological polar surface area (TPSA) is 40.5 Å². The Morgan fingerprint density at radius 2 is 2.32 bits per heavy atom. The summed E-state index contributed by atoms with van der Waals surface area (Å²) >= 11 is 6.22. The van der Waals surface area contributed by atoms with Crippen LogP contribution < -0.4 is 4.90 Å². The van der Waals surface area contributed by atoms with Gasteiger partial charge in [0.05, 0.1) is 17.3 Å². The van der Waals surface area contributed by atoms with Gasteiger partial charge in [-0.3, -0.25) is 0 Å². The van der Waals surface area contributed by atoms with Gasteiger partial charge in [0.15, 0.2) is 0 Å². The monoisotopic (exact) mass is 277 g/mol. The van der Waals surface area contributed by atoms with Crippen molar-refractivity contribution in [2.24, 2.45) is 0 Å². The van der Waals surface area contributed by atoms with Crippen LogP contribution in [0.5, 0.6) is 0 Å². The second-order valence-electron chi connectivity index (χ2n) is 4.01. The van der Waals surface area contributed by atoms with E-state index in [1.54, 1.807) is 6.07 Å². The minimum atomic E-state index is -0.986. The van der Waals surface area contributed by atoms with Gasteiger partial charge in [0, 0.05) is 12.6 Å². The Morgan fingerprint density at radius 3 is 2.84 bits per heavy atom. The number of benzene rings is 1. The molecule has 0 bridgehead atoms. The maximum Gasteiger partial charge on any atom is 0.328 e. The van der Waals surface area contributed by atoms with Crippen LogP contribution in [0.15, 0.2) is 24.3 Å². The van der Waals surface area contributed by atoms with Crippen molar-refractivity contribution in [1.29, 1.82) is 0 Å². The number of anilines is 1. The van der Waals surface area contributed by atoms with E-state index in [1.165, 1.54) is 6.08 Å². The second kappa shape index (κ2) is 7.50. The molecule has 1 rings (SSSR count). The summed E-state index contributed by atoms with van der Waals surface area (Å²) in [6.45, 7) is 3.40. The Hall–Kier alpha value is -1.92. The molecule has 0 aliphatic rings. The van der Waals surface area contributed by atoms with E-state index in [1.807, 2.05) is 17.0 Å². The predicted molar refractivity (Wildman–Crippen MR) is 79.5 cm³/mol. The van der Waals surface area contributed by atoms with E-state index >= 15 is 0 Å². The number of carbonyl (C=O) groups is 1. The fraction of sp³-hybridized carbons (Fsp3) is 0.267. The van der Waals surface area contributed by atoms with Crippen molar-refractivity contribution in [1.82, 2.24) is 0 Å². The highest BCUT2D eigenvalue weighted by Gasteiger charge is 2.08. The van der Waals surface area contributed by atoms with Gasteiger partial charge in [-0.25, -0.2) is 4.79 Å². The number of carboxylic acid groups (broad SMARTS) is 1. The van der Waals surface area contributed by atoms with Crippen molar-refractivity contribution in [3.63, 3.8) is 0 Å². The zero-order valence-electron chi connectivity index (χ0n) is 10.8. The fourth-order valence-corrected chi connectivity index (χ4v) is 2.02. The third-order valence-corrected chi connectivity index (χ3v) is 2.81. The first-order valence-corrected chi connectivity index (χ1v) is 6.35. The lowest BCUT2D eigenvalue weighted by molar-refractivity contribution is -0.131. The Morgan fingerprint density at radius 1 is 1.58 bits per heavy atom. The molecule has 1 aromatic carbocycles. The van der Waals surface area contributed by atoms with Crippen LogP contribution in [0.3, 0.4) is 0 Å². The van der Waals surface area contributed by atoms with Crippen molar-refractivity contribution in [2.45, 2.75) is 13.3 Å². The Labute approximate surface area is 118 Å². The lowest BCUT2D eigenvalue weighted by Crippen LogP contribution is -2.24. The van der Waals surface area contributed by atoms with E-state index in [4.69, 9.17) is 23.1 Å². The number of terminal acetylenes is 1. The molecule has 1 N–H and O–H groups in total. The van der Waals surface area contributed by atoms with Crippen molar-refractivity contribution >= 4 is 29.3 Å². The summed E-state index contributed by atoms with van der Waals surface area (Å²) in [7, 11) is 0.